The normalized spacial score (nSPS) is 13.3. The van der Waals surface area contributed by atoms with Crippen LogP contribution in [0.3, 0.4) is 0 Å². The fraction of sp³-hybridized carbons (Fsp3) is 0.850. The predicted molar refractivity (Wildman–Crippen MR) is 112 cm³/mol. The molecule has 0 rings (SSSR count). The Morgan fingerprint density at radius 3 is 1.27 bits per heavy atom. The maximum Gasteiger partial charge on any atom is 0.312 e. The molecule has 10 heteroatoms. The Morgan fingerprint density at radius 2 is 1.00 bits per heavy atom. The first kappa shape index (κ1) is 28.3. The molecule has 0 radical (unpaired) electrons. The van der Waals surface area contributed by atoms with Gasteiger partial charge in [-0.05, 0) is 62.3 Å². The summed E-state index contributed by atoms with van der Waals surface area (Å²) in [4.78, 5) is 36.4. The second-order valence-corrected chi connectivity index (χ2v) is 12.2. The zero-order valence-corrected chi connectivity index (χ0v) is 20.6. The van der Waals surface area contributed by atoms with Gasteiger partial charge in [0.2, 0.25) is 10.0 Å². The SMILES string of the molecule is CC(C)(C)C(=O)OCC(COC(=O)C(C)(C)C)N(COC(=O)C(C)(C)C)S(C)(=O)=O. The van der Waals surface area contributed by atoms with Gasteiger partial charge in [0.15, 0.2) is 6.73 Å². The first-order chi connectivity index (χ1) is 13.2. The zero-order valence-electron chi connectivity index (χ0n) is 19.8. The number of esters is 3. The van der Waals surface area contributed by atoms with E-state index in [2.05, 4.69) is 0 Å². The van der Waals surface area contributed by atoms with E-state index in [9.17, 15) is 22.8 Å². The van der Waals surface area contributed by atoms with Gasteiger partial charge in [-0.15, -0.1) is 0 Å². The van der Waals surface area contributed by atoms with Crippen LogP contribution in [0, 0.1) is 16.2 Å². The Morgan fingerprint density at radius 1 is 0.700 bits per heavy atom. The first-order valence-corrected chi connectivity index (χ1v) is 11.5. The average Bonchev–Trinajstić information content (AvgIpc) is 2.51. The van der Waals surface area contributed by atoms with Crippen molar-refractivity contribution in [2.24, 2.45) is 16.2 Å². The molecule has 0 spiro atoms. The molecule has 9 nitrogen and oxygen atoms in total. The van der Waals surface area contributed by atoms with Crippen molar-refractivity contribution in [1.29, 1.82) is 0 Å². The highest BCUT2D eigenvalue weighted by atomic mass is 32.2. The molecule has 0 aliphatic carbocycles. The van der Waals surface area contributed by atoms with Crippen molar-refractivity contribution < 1.29 is 37.0 Å². The molecule has 30 heavy (non-hydrogen) atoms. The van der Waals surface area contributed by atoms with Gasteiger partial charge in [0.25, 0.3) is 0 Å². The Labute approximate surface area is 180 Å². The van der Waals surface area contributed by atoms with Crippen molar-refractivity contribution in [3.63, 3.8) is 0 Å². The lowest BCUT2D eigenvalue weighted by molar-refractivity contribution is -0.164. The molecule has 0 aromatic carbocycles. The Bertz CT molecular complexity index is 693. The Hall–Kier alpha value is -1.68. The topological polar surface area (TPSA) is 116 Å². The lowest BCUT2D eigenvalue weighted by Crippen LogP contribution is -2.48. The summed E-state index contributed by atoms with van der Waals surface area (Å²) in [6, 6.07) is -1.06. The van der Waals surface area contributed by atoms with Gasteiger partial charge in [-0.25, -0.2) is 8.42 Å². The number of carbonyl (C=O) groups excluding carboxylic acids is 3. The summed E-state index contributed by atoms with van der Waals surface area (Å²) in [6.07, 6.45) is 0.933. The average molecular weight is 452 g/mol. The first-order valence-electron chi connectivity index (χ1n) is 9.66. The minimum Gasteiger partial charge on any atom is -0.463 e. The molecule has 0 atom stereocenters. The quantitative estimate of drug-likeness (QED) is 0.314. The van der Waals surface area contributed by atoms with E-state index in [1.807, 2.05) is 0 Å². The van der Waals surface area contributed by atoms with Crippen LogP contribution < -0.4 is 0 Å². The van der Waals surface area contributed by atoms with E-state index in [4.69, 9.17) is 14.2 Å². The van der Waals surface area contributed by atoms with E-state index in [-0.39, 0.29) is 13.2 Å². The molecule has 0 bridgehead atoms. The van der Waals surface area contributed by atoms with Gasteiger partial charge in [-0.2, -0.15) is 4.31 Å². The van der Waals surface area contributed by atoms with Crippen molar-refractivity contribution in [3.8, 4) is 0 Å². The summed E-state index contributed by atoms with van der Waals surface area (Å²) in [6.45, 7) is 13.5. The molecule has 0 aromatic heterocycles. The monoisotopic (exact) mass is 451 g/mol. The van der Waals surface area contributed by atoms with E-state index in [1.54, 1.807) is 62.3 Å². The van der Waals surface area contributed by atoms with Crippen LogP contribution in [0.4, 0.5) is 0 Å². The number of sulfonamides is 1. The Balaban J connectivity index is 5.65. The van der Waals surface area contributed by atoms with E-state index in [0.29, 0.717) is 0 Å². The fourth-order valence-electron chi connectivity index (χ4n) is 1.80. The number of carbonyl (C=O) groups is 3. The third-order valence-corrected chi connectivity index (χ3v) is 5.06. The van der Waals surface area contributed by atoms with Gasteiger partial charge in [-0.3, -0.25) is 14.4 Å². The van der Waals surface area contributed by atoms with E-state index in [0.717, 1.165) is 10.6 Å². The number of rotatable bonds is 8. The smallest absolute Gasteiger partial charge is 0.312 e. The maximum atomic E-state index is 12.4. The number of hydrogen-bond acceptors (Lipinski definition) is 8. The fourth-order valence-corrected chi connectivity index (χ4v) is 2.71. The van der Waals surface area contributed by atoms with Crippen LogP contribution in [0.5, 0.6) is 0 Å². The maximum absolute atomic E-state index is 12.4. The van der Waals surface area contributed by atoms with Crippen LogP contribution in [0.1, 0.15) is 62.3 Å². The second kappa shape index (κ2) is 10.1. The predicted octanol–water partition coefficient (Wildman–Crippen LogP) is 2.34. The molecule has 176 valence electrons. The summed E-state index contributed by atoms with van der Waals surface area (Å²) in [5.41, 5.74) is -2.45. The highest BCUT2D eigenvalue weighted by Gasteiger charge is 2.34. The van der Waals surface area contributed by atoms with Gasteiger partial charge in [0.05, 0.1) is 28.5 Å². The summed E-state index contributed by atoms with van der Waals surface area (Å²) >= 11 is 0. The summed E-state index contributed by atoms with van der Waals surface area (Å²) in [5.74, 6) is -1.70. The number of hydrogen-bond donors (Lipinski definition) is 0. The molecule has 0 amide bonds. The summed E-state index contributed by atoms with van der Waals surface area (Å²) < 4.78 is 41.3. The highest BCUT2D eigenvalue weighted by Crippen LogP contribution is 2.20. The summed E-state index contributed by atoms with van der Waals surface area (Å²) in [7, 11) is -3.90. The number of ether oxygens (including phenoxy) is 3. The highest BCUT2D eigenvalue weighted by molar-refractivity contribution is 7.88. The zero-order chi connectivity index (χ0) is 24.1. The largest absolute Gasteiger partial charge is 0.463 e. The van der Waals surface area contributed by atoms with Crippen LogP contribution in [0.25, 0.3) is 0 Å². The van der Waals surface area contributed by atoms with Crippen molar-refractivity contribution in [1.82, 2.24) is 4.31 Å². The van der Waals surface area contributed by atoms with Crippen molar-refractivity contribution in [2.45, 2.75) is 68.4 Å². The van der Waals surface area contributed by atoms with E-state index in [1.165, 1.54) is 0 Å². The lowest BCUT2D eigenvalue weighted by Gasteiger charge is -2.31. The van der Waals surface area contributed by atoms with Crippen LogP contribution >= 0.6 is 0 Å². The van der Waals surface area contributed by atoms with Crippen molar-refractivity contribution in [2.75, 3.05) is 26.2 Å². The van der Waals surface area contributed by atoms with Gasteiger partial charge >= 0.3 is 17.9 Å². The minimum absolute atomic E-state index is 0.367. The molecule has 0 fully saturated rings. The third kappa shape index (κ3) is 9.88. The molecule has 0 saturated heterocycles. The van der Waals surface area contributed by atoms with Crippen molar-refractivity contribution in [3.05, 3.63) is 0 Å². The number of nitrogens with zero attached hydrogens (tertiary/aromatic N) is 1. The van der Waals surface area contributed by atoms with Crippen LogP contribution in [-0.4, -0.2) is 62.9 Å². The molecule has 0 saturated carbocycles. The van der Waals surface area contributed by atoms with Gasteiger partial charge in [0, 0.05) is 0 Å². The second-order valence-electron chi connectivity index (χ2n) is 10.3. The molecule has 0 unspecified atom stereocenters. The van der Waals surface area contributed by atoms with Crippen LogP contribution in [0.2, 0.25) is 0 Å². The standard InChI is InChI=1S/C20H37NO8S/c1-18(2,3)15(22)27-11-14(12-28-16(23)19(4,5)6)21(30(10,25)26)13-29-17(24)20(7,8)9/h14H,11-13H2,1-10H3. The van der Waals surface area contributed by atoms with Crippen LogP contribution in [-0.2, 0) is 38.6 Å². The Kier molecular flexibility index (Phi) is 9.52. The molecule has 0 aliphatic rings. The van der Waals surface area contributed by atoms with E-state index < -0.39 is 56.9 Å². The van der Waals surface area contributed by atoms with Gasteiger partial charge < -0.3 is 14.2 Å². The van der Waals surface area contributed by atoms with Crippen LogP contribution in [0.15, 0.2) is 0 Å². The third-order valence-electron chi connectivity index (χ3n) is 3.81. The summed E-state index contributed by atoms with van der Waals surface area (Å²) in [5, 5.41) is 0. The van der Waals surface area contributed by atoms with Gasteiger partial charge in [0.1, 0.15) is 13.2 Å². The molecule has 0 heterocycles. The molecular weight excluding hydrogens is 414 g/mol. The lowest BCUT2D eigenvalue weighted by atomic mass is 9.97. The van der Waals surface area contributed by atoms with Crippen molar-refractivity contribution >= 4 is 27.9 Å². The minimum atomic E-state index is -3.90. The molecular formula is C20H37NO8S. The molecule has 0 aromatic rings. The molecule has 0 aliphatic heterocycles. The van der Waals surface area contributed by atoms with Gasteiger partial charge in [-0.1, -0.05) is 0 Å². The molecule has 0 N–H and O–H groups in total. The van der Waals surface area contributed by atoms with E-state index >= 15 is 0 Å².